The molecular formula is C11H12N3O3+. The van der Waals surface area contributed by atoms with Crippen LogP contribution in [0.1, 0.15) is 18.7 Å². The van der Waals surface area contributed by atoms with Crippen LogP contribution in [0.4, 0.5) is 11.5 Å². The molecule has 2 aromatic rings. The Kier molecular flexibility index (Phi) is 3.04. The minimum atomic E-state index is -0.437. The van der Waals surface area contributed by atoms with Crippen LogP contribution in [0.5, 0.6) is 0 Å². The minimum absolute atomic E-state index is 0.00547. The number of furan rings is 1. The van der Waals surface area contributed by atoms with Gasteiger partial charge in [-0.15, -0.1) is 0 Å². The van der Waals surface area contributed by atoms with Crippen molar-refractivity contribution in [2.45, 2.75) is 13.0 Å². The highest BCUT2D eigenvalue weighted by atomic mass is 16.6. The molecule has 2 rings (SSSR count). The van der Waals surface area contributed by atoms with Crippen molar-refractivity contribution in [2.24, 2.45) is 0 Å². The summed E-state index contributed by atoms with van der Waals surface area (Å²) in [6.07, 6.45) is 3.20. The molecule has 0 unspecified atom stereocenters. The van der Waals surface area contributed by atoms with Gasteiger partial charge in [-0.1, -0.05) is 0 Å². The van der Waals surface area contributed by atoms with Gasteiger partial charge >= 0.3 is 11.5 Å². The molecule has 0 aliphatic carbocycles. The topological polar surface area (TPSA) is 82.5 Å². The molecule has 0 amide bonds. The first-order valence-corrected chi connectivity index (χ1v) is 5.13. The van der Waals surface area contributed by atoms with Gasteiger partial charge in [0, 0.05) is 6.07 Å². The lowest BCUT2D eigenvalue weighted by Crippen LogP contribution is -2.17. The molecule has 0 saturated carbocycles. The van der Waals surface area contributed by atoms with Crippen LogP contribution >= 0.6 is 0 Å². The first-order chi connectivity index (χ1) is 8.18. The maximum atomic E-state index is 10.8. The van der Waals surface area contributed by atoms with Gasteiger partial charge in [-0.2, -0.15) is 0 Å². The van der Waals surface area contributed by atoms with Crippen LogP contribution in [0.2, 0.25) is 0 Å². The van der Waals surface area contributed by atoms with Crippen molar-refractivity contribution in [3.05, 3.63) is 52.6 Å². The fraction of sp³-hybridized carbons (Fsp3) is 0.182. The van der Waals surface area contributed by atoms with Crippen molar-refractivity contribution in [1.82, 2.24) is 0 Å². The fourth-order valence-electron chi connectivity index (χ4n) is 1.52. The number of hydrogen-bond donors (Lipinski definition) is 1. The van der Waals surface area contributed by atoms with Crippen molar-refractivity contribution < 1.29 is 14.3 Å². The van der Waals surface area contributed by atoms with Crippen LogP contribution < -0.4 is 10.3 Å². The maximum Gasteiger partial charge on any atom is 0.357 e. The Morgan fingerprint density at radius 1 is 1.47 bits per heavy atom. The van der Waals surface area contributed by atoms with Crippen molar-refractivity contribution in [1.29, 1.82) is 0 Å². The van der Waals surface area contributed by atoms with Gasteiger partial charge in [0.25, 0.3) is 0 Å². The highest BCUT2D eigenvalue weighted by molar-refractivity contribution is 5.51. The van der Waals surface area contributed by atoms with Crippen molar-refractivity contribution in [2.75, 3.05) is 5.32 Å². The molecule has 2 aromatic heterocycles. The number of anilines is 1. The third kappa shape index (κ3) is 2.41. The zero-order valence-electron chi connectivity index (χ0n) is 9.21. The molecule has 0 spiro atoms. The molecule has 0 fully saturated rings. The van der Waals surface area contributed by atoms with E-state index in [1.807, 2.05) is 13.0 Å². The molecule has 88 valence electrons. The highest BCUT2D eigenvalue weighted by Gasteiger charge is 2.23. The number of rotatable bonds is 4. The summed E-state index contributed by atoms with van der Waals surface area (Å²) in [5, 5.41) is 13.8. The molecular weight excluding hydrogens is 222 g/mol. The van der Waals surface area contributed by atoms with Gasteiger partial charge in [-0.3, -0.25) is 15.4 Å². The Morgan fingerprint density at radius 2 is 2.29 bits per heavy atom. The normalized spacial score (nSPS) is 12.1. The summed E-state index contributed by atoms with van der Waals surface area (Å²) < 4.78 is 5.22. The van der Waals surface area contributed by atoms with E-state index in [-0.39, 0.29) is 11.7 Å². The molecule has 0 aromatic carbocycles. The van der Waals surface area contributed by atoms with E-state index in [0.717, 1.165) is 5.76 Å². The first-order valence-electron chi connectivity index (χ1n) is 5.13. The molecule has 0 aliphatic rings. The summed E-state index contributed by atoms with van der Waals surface area (Å²) >= 11 is 0. The van der Waals surface area contributed by atoms with E-state index in [1.165, 1.54) is 6.07 Å². The fourth-order valence-corrected chi connectivity index (χ4v) is 1.52. The average Bonchev–Trinajstić information content (AvgIpc) is 2.83. The largest absolute Gasteiger partial charge is 0.465 e. The predicted octanol–water partition coefficient (Wildman–Crippen LogP) is 2.17. The standard InChI is InChI=1S/C11H11N3O3/c1-8(10-5-3-7-17-10)13-11-9(14(15)16)4-2-6-12-11/h2-8H,1H3,(H,12,13)/p+1/t8-/m0/s1. The van der Waals surface area contributed by atoms with Gasteiger partial charge < -0.3 is 4.42 Å². The zero-order chi connectivity index (χ0) is 12.3. The van der Waals surface area contributed by atoms with Crippen molar-refractivity contribution in [3.63, 3.8) is 0 Å². The minimum Gasteiger partial charge on any atom is -0.465 e. The average molecular weight is 234 g/mol. The zero-order valence-corrected chi connectivity index (χ0v) is 9.21. The van der Waals surface area contributed by atoms with Crippen LogP contribution in [0, 0.1) is 10.1 Å². The molecule has 6 heteroatoms. The second-order valence-corrected chi connectivity index (χ2v) is 3.57. The Balaban J connectivity index is 2.21. The van der Waals surface area contributed by atoms with E-state index < -0.39 is 4.92 Å². The molecule has 17 heavy (non-hydrogen) atoms. The van der Waals surface area contributed by atoms with Gasteiger partial charge in [0.1, 0.15) is 11.8 Å². The number of nitrogens with zero attached hydrogens (tertiary/aromatic N) is 1. The molecule has 0 saturated heterocycles. The number of H-pyrrole nitrogens is 1. The van der Waals surface area contributed by atoms with Crippen LogP contribution in [0.15, 0.2) is 41.1 Å². The van der Waals surface area contributed by atoms with Gasteiger partial charge in [-0.25, -0.2) is 4.98 Å². The number of aromatic nitrogens is 1. The van der Waals surface area contributed by atoms with Crippen LogP contribution in [-0.2, 0) is 0 Å². The summed E-state index contributed by atoms with van der Waals surface area (Å²) in [7, 11) is 0. The van der Waals surface area contributed by atoms with E-state index in [1.54, 1.807) is 24.6 Å². The van der Waals surface area contributed by atoms with E-state index >= 15 is 0 Å². The number of nitro groups is 1. The number of pyridine rings is 1. The molecule has 2 heterocycles. The quantitative estimate of drug-likeness (QED) is 0.649. The molecule has 1 atom stereocenters. The second-order valence-electron chi connectivity index (χ2n) is 3.57. The molecule has 2 N–H and O–H groups in total. The third-order valence-electron chi connectivity index (χ3n) is 2.36. The summed E-state index contributed by atoms with van der Waals surface area (Å²) in [4.78, 5) is 13.2. The Labute approximate surface area is 97.4 Å². The Morgan fingerprint density at radius 3 is 2.94 bits per heavy atom. The van der Waals surface area contributed by atoms with Crippen LogP contribution in [0.3, 0.4) is 0 Å². The summed E-state index contributed by atoms with van der Waals surface area (Å²) in [6.45, 7) is 1.86. The number of hydrogen-bond acceptors (Lipinski definition) is 4. The van der Waals surface area contributed by atoms with E-state index in [2.05, 4.69) is 10.3 Å². The first kappa shape index (κ1) is 11.1. The van der Waals surface area contributed by atoms with Crippen molar-refractivity contribution in [3.8, 4) is 0 Å². The Bertz CT molecular complexity index is 510. The number of nitrogens with one attached hydrogen (secondary N) is 2. The Hall–Kier alpha value is -2.37. The number of aromatic amines is 1. The summed E-state index contributed by atoms with van der Waals surface area (Å²) in [5.41, 5.74) is 0.00547. The lowest BCUT2D eigenvalue weighted by molar-refractivity contribution is -0.410. The smallest absolute Gasteiger partial charge is 0.357 e. The van der Waals surface area contributed by atoms with E-state index in [4.69, 9.17) is 4.42 Å². The molecule has 0 radical (unpaired) electrons. The van der Waals surface area contributed by atoms with Gasteiger partial charge in [0.2, 0.25) is 0 Å². The maximum absolute atomic E-state index is 10.8. The lowest BCUT2D eigenvalue weighted by atomic mass is 10.2. The second kappa shape index (κ2) is 4.65. The van der Waals surface area contributed by atoms with Gasteiger partial charge in [0.15, 0.2) is 0 Å². The van der Waals surface area contributed by atoms with Gasteiger partial charge in [0.05, 0.1) is 17.4 Å². The summed E-state index contributed by atoms with van der Waals surface area (Å²) in [5.74, 6) is 1.08. The van der Waals surface area contributed by atoms with Crippen molar-refractivity contribution >= 4 is 11.5 Å². The molecule has 0 aliphatic heterocycles. The van der Waals surface area contributed by atoms with Gasteiger partial charge in [-0.05, 0) is 25.1 Å². The highest BCUT2D eigenvalue weighted by Crippen LogP contribution is 2.23. The molecule has 6 nitrogen and oxygen atoms in total. The van der Waals surface area contributed by atoms with Crippen LogP contribution in [0.25, 0.3) is 0 Å². The predicted molar refractivity (Wildman–Crippen MR) is 60.4 cm³/mol. The van der Waals surface area contributed by atoms with E-state index in [9.17, 15) is 10.1 Å². The summed E-state index contributed by atoms with van der Waals surface area (Å²) in [6, 6.07) is 6.46. The van der Waals surface area contributed by atoms with E-state index in [0.29, 0.717) is 5.82 Å². The SMILES string of the molecule is C[C@H](Nc1[nH+]cccc1[N+](=O)[O-])c1ccco1. The monoisotopic (exact) mass is 234 g/mol. The third-order valence-corrected chi connectivity index (χ3v) is 2.36. The van der Waals surface area contributed by atoms with Crippen LogP contribution in [-0.4, -0.2) is 4.92 Å². The lowest BCUT2D eigenvalue weighted by Gasteiger charge is -2.05. The molecule has 0 bridgehead atoms.